The molecule has 0 fully saturated rings. The number of aromatic nitrogens is 3. The van der Waals surface area contributed by atoms with E-state index >= 15 is 0 Å². The topological polar surface area (TPSA) is 43.9 Å². The van der Waals surface area contributed by atoms with E-state index in [1.807, 2.05) is 24.3 Å². The number of furan rings is 1. The monoisotopic (exact) mass is 1070 g/mol. The van der Waals surface area contributed by atoms with Gasteiger partial charge in [0, 0.05) is 25.8 Å². The number of para-hydroxylation sites is 3. The number of benzene rings is 7. The Balaban J connectivity index is 0.000000166. The van der Waals surface area contributed by atoms with Crippen LogP contribution in [0, 0.1) is 18.1 Å². The molecular weight excluding hydrogens is 1020 g/mol. The van der Waals surface area contributed by atoms with Gasteiger partial charge in [0.05, 0.1) is 16.9 Å². The van der Waals surface area contributed by atoms with Crippen molar-refractivity contribution in [1.82, 2.24) is 14.5 Å². The molecule has 319 valence electrons. The van der Waals surface area contributed by atoms with Gasteiger partial charge in [0.15, 0.2) is 0 Å². The predicted octanol–water partition coefficient (Wildman–Crippen LogP) is 14.7. The molecular formula is C58H51GeIrN3O-2. The van der Waals surface area contributed by atoms with Gasteiger partial charge in [-0.3, -0.25) is 4.98 Å². The second-order valence-corrected chi connectivity index (χ2v) is 29.4. The molecule has 0 amide bonds. The molecule has 1 aliphatic carbocycles. The van der Waals surface area contributed by atoms with Crippen molar-refractivity contribution in [2.75, 3.05) is 0 Å². The van der Waals surface area contributed by atoms with E-state index in [1.54, 1.807) is 0 Å². The van der Waals surface area contributed by atoms with Crippen LogP contribution in [-0.4, -0.2) is 27.8 Å². The van der Waals surface area contributed by atoms with E-state index in [1.165, 1.54) is 43.3 Å². The fourth-order valence-electron chi connectivity index (χ4n) is 9.47. The first-order valence-corrected chi connectivity index (χ1v) is 29.4. The van der Waals surface area contributed by atoms with Crippen molar-refractivity contribution in [2.24, 2.45) is 5.92 Å². The minimum Gasteiger partial charge on any atom is -0.333 e. The van der Waals surface area contributed by atoms with E-state index in [2.05, 4.69) is 201 Å². The van der Waals surface area contributed by atoms with Crippen LogP contribution >= 0.6 is 0 Å². The Morgan fingerprint density at radius 3 is 2.19 bits per heavy atom. The van der Waals surface area contributed by atoms with Gasteiger partial charge in [-0.05, 0) is 51.9 Å². The van der Waals surface area contributed by atoms with E-state index in [4.69, 9.17) is 14.4 Å². The normalized spacial score (nSPS) is 12.8. The Hall–Kier alpha value is -5.85. The minimum atomic E-state index is -1.98. The molecule has 0 unspecified atom stereocenters. The van der Waals surface area contributed by atoms with Crippen LogP contribution in [0.3, 0.4) is 0 Å². The first-order valence-electron chi connectivity index (χ1n) is 22.1. The Kier molecular flexibility index (Phi) is 11.7. The molecule has 1 aliphatic rings. The molecule has 6 heteroatoms. The first-order chi connectivity index (χ1) is 30.5. The van der Waals surface area contributed by atoms with Crippen molar-refractivity contribution in [3.63, 3.8) is 0 Å². The molecule has 7 aromatic carbocycles. The van der Waals surface area contributed by atoms with E-state index in [9.17, 15) is 0 Å². The van der Waals surface area contributed by atoms with Gasteiger partial charge in [-0.2, -0.15) is 0 Å². The molecule has 0 aliphatic heterocycles. The van der Waals surface area contributed by atoms with Gasteiger partial charge in [-0.25, -0.2) is 0 Å². The summed E-state index contributed by atoms with van der Waals surface area (Å²) in [5.41, 5.74) is 17.0. The van der Waals surface area contributed by atoms with Gasteiger partial charge in [0.2, 0.25) is 0 Å². The molecule has 4 nitrogen and oxygen atoms in total. The van der Waals surface area contributed by atoms with E-state index in [-0.39, 0.29) is 25.5 Å². The zero-order chi connectivity index (χ0) is 43.5. The molecule has 3 heterocycles. The molecule has 0 spiro atoms. The van der Waals surface area contributed by atoms with Crippen LogP contribution in [0.5, 0.6) is 0 Å². The van der Waals surface area contributed by atoms with Gasteiger partial charge in [-0.15, -0.1) is 29.3 Å². The average molecular weight is 1070 g/mol. The molecule has 10 aromatic rings. The van der Waals surface area contributed by atoms with Gasteiger partial charge in [0.25, 0.3) is 0 Å². The van der Waals surface area contributed by atoms with Crippen molar-refractivity contribution >= 4 is 50.6 Å². The number of rotatable bonds is 7. The van der Waals surface area contributed by atoms with Crippen LogP contribution in [0.1, 0.15) is 44.4 Å². The molecule has 0 saturated carbocycles. The smallest absolute Gasteiger partial charge is 0.0774 e. The van der Waals surface area contributed by atoms with Crippen molar-refractivity contribution in [3.05, 3.63) is 193 Å². The fourth-order valence-corrected chi connectivity index (χ4v) is 12.8. The number of fused-ring (bicyclic) bond motifs is 7. The zero-order valence-corrected chi connectivity index (χ0v) is 41.9. The van der Waals surface area contributed by atoms with Crippen LogP contribution in [0.25, 0.3) is 83.6 Å². The van der Waals surface area contributed by atoms with Crippen LogP contribution in [0.15, 0.2) is 168 Å². The fraction of sp³-hybridized carbons (Fsp3) is 0.172. The number of pyridine rings is 1. The van der Waals surface area contributed by atoms with Crippen molar-refractivity contribution in [3.8, 4) is 50.6 Å². The van der Waals surface area contributed by atoms with Crippen molar-refractivity contribution in [2.45, 2.75) is 56.8 Å². The molecule has 0 bridgehead atoms. The summed E-state index contributed by atoms with van der Waals surface area (Å²) in [6.07, 6.45) is 3.21. The average Bonchev–Trinajstić information content (AvgIpc) is 3.94. The molecule has 1 radical (unpaired) electrons. The zero-order valence-electron chi connectivity index (χ0n) is 37.5. The second kappa shape index (κ2) is 17.3. The third kappa shape index (κ3) is 7.89. The first kappa shape index (κ1) is 43.4. The maximum Gasteiger partial charge on any atom is 0.0774 e. The summed E-state index contributed by atoms with van der Waals surface area (Å²) in [4.78, 5) is 9.95. The summed E-state index contributed by atoms with van der Waals surface area (Å²) in [5.74, 6) is 8.84. The summed E-state index contributed by atoms with van der Waals surface area (Å²) >= 11 is -1.98. The summed E-state index contributed by atoms with van der Waals surface area (Å²) in [5, 5.41) is 2.27. The van der Waals surface area contributed by atoms with Crippen LogP contribution in [0.2, 0.25) is 17.3 Å². The summed E-state index contributed by atoms with van der Waals surface area (Å²) < 4.78 is 9.96. The third-order valence-corrected chi connectivity index (χ3v) is 16.9. The Morgan fingerprint density at radius 2 is 1.41 bits per heavy atom. The van der Waals surface area contributed by atoms with Crippen molar-refractivity contribution in [1.29, 1.82) is 0 Å². The van der Waals surface area contributed by atoms with E-state index < -0.39 is 13.3 Å². The minimum absolute atomic E-state index is 0. The van der Waals surface area contributed by atoms with E-state index in [0.717, 1.165) is 67.7 Å². The maximum atomic E-state index is 6.20. The van der Waals surface area contributed by atoms with Crippen molar-refractivity contribution < 1.29 is 24.5 Å². The Morgan fingerprint density at radius 1 is 0.703 bits per heavy atom. The van der Waals surface area contributed by atoms with Crippen LogP contribution in [0.4, 0.5) is 0 Å². The van der Waals surface area contributed by atoms with E-state index in [0.29, 0.717) is 5.92 Å². The summed E-state index contributed by atoms with van der Waals surface area (Å²) in [6, 6.07) is 62.3. The standard InChI is InChI=1S/C34H25N2.C24H26GeNO.Ir/c1-34(2)29-13-7-6-12-27(29)28-22-25(18-21-30(28)34)33-35-31-14-8-9-15-32(31)36(33)26-19-16-24(17-20-26)23-10-4-3-5-11-23;1-16(2)13-17-14-22(26-15-21(17)25(3,4)5)20-11-8-10-19-18-9-6-7-12-23(18)27-24(19)20;/h3-17,19-22H,1-2H3;6-10,12,14-16H,13H2,1-5H3;/q2*-1;. The number of hydrogen-bond donors (Lipinski definition) is 0. The van der Waals surface area contributed by atoms with Gasteiger partial charge in [-0.1, -0.05) is 98.3 Å². The molecule has 0 N–H and O–H groups in total. The van der Waals surface area contributed by atoms with Gasteiger partial charge < -0.3 is 4.57 Å². The largest absolute Gasteiger partial charge is 0.333 e. The molecule has 3 aromatic heterocycles. The Bertz CT molecular complexity index is 3300. The number of imidazole rings is 1. The summed E-state index contributed by atoms with van der Waals surface area (Å²) in [7, 11) is 0. The Labute approximate surface area is 393 Å². The van der Waals surface area contributed by atoms with Gasteiger partial charge >= 0.3 is 164 Å². The molecule has 0 atom stereocenters. The molecule has 0 saturated heterocycles. The van der Waals surface area contributed by atoms with Crippen LogP contribution < -0.4 is 4.40 Å². The SMILES string of the molecule is CC(C)Cc1cc(-c2[c-]ccc3c2oc2ccccc23)nc[c]1[Ge]([CH3])([CH3])[CH3].CC1(C)c2c[c-]c(-c3nc4ccccc4n3-c3ccc(-c4ccccc4)cc3)cc2-c2ccccc21.[Ir]. The van der Waals surface area contributed by atoms with Crippen LogP contribution in [-0.2, 0) is 31.9 Å². The molecule has 64 heavy (non-hydrogen) atoms. The second-order valence-electron chi connectivity index (χ2n) is 18.8. The predicted molar refractivity (Wildman–Crippen MR) is 266 cm³/mol. The summed E-state index contributed by atoms with van der Waals surface area (Å²) in [6.45, 7) is 9.17. The number of hydrogen-bond acceptors (Lipinski definition) is 3. The third-order valence-electron chi connectivity index (χ3n) is 12.6. The number of nitrogens with zero attached hydrogens (tertiary/aromatic N) is 3. The van der Waals surface area contributed by atoms with Gasteiger partial charge in [0.1, 0.15) is 0 Å². The maximum absolute atomic E-state index is 6.20. The molecule has 11 rings (SSSR count). The quantitative estimate of drug-likeness (QED) is 0.118.